The number of ketones is 2. The first-order valence-electron chi connectivity index (χ1n) is 10.8. The highest BCUT2D eigenvalue weighted by atomic mass is 16.6. The molecule has 1 aliphatic heterocycles. The molecule has 0 amide bonds. The fourth-order valence-electron chi connectivity index (χ4n) is 7.75. The number of epoxide rings is 1. The second-order valence-corrected chi connectivity index (χ2v) is 10.2. The van der Waals surface area contributed by atoms with Gasteiger partial charge in [-0.3, -0.25) is 14.4 Å². The molecule has 5 rings (SSSR count). The van der Waals surface area contributed by atoms with Gasteiger partial charge in [-0.25, -0.2) is 0 Å². The molecule has 5 nitrogen and oxygen atoms in total. The van der Waals surface area contributed by atoms with Crippen LogP contribution < -0.4 is 0 Å². The van der Waals surface area contributed by atoms with Gasteiger partial charge >= 0.3 is 5.97 Å². The van der Waals surface area contributed by atoms with Crippen LogP contribution in [0.5, 0.6) is 0 Å². The van der Waals surface area contributed by atoms with Crippen molar-refractivity contribution in [3.8, 4) is 0 Å². The molecule has 7 atom stereocenters. The first kappa shape index (κ1) is 18.5. The average Bonchev–Trinajstić information content (AvgIpc) is 3.32. The van der Waals surface area contributed by atoms with Crippen LogP contribution in [0, 0.1) is 28.6 Å². The zero-order chi connectivity index (χ0) is 19.9. The summed E-state index contributed by atoms with van der Waals surface area (Å²) in [5.41, 5.74) is 0.602. The lowest BCUT2D eigenvalue weighted by Crippen LogP contribution is -2.55. The number of hydrogen-bond donors (Lipinski definition) is 0. The van der Waals surface area contributed by atoms with Gasteiger partial charge in [0.15, 0.2) is 18.0 Å². The number of fused-ring (bicyclic) bond motifs is 7. The van der Waals surface area contributed by atoms with Crippen molar-refractivity contribution in [3.63, 3.8) is 0 Å². The molecular weight excluding hydrogens is 356 g/mol. The molecule has 0 radical (unpaired) electrons. The minimum absolute atomic E-state index is 0.0120. The van der Waals surface area contributed by atoms with E-state index in [4.69, 9.17) is 9.47 Å². The molecule has 28 heavy (non-hydrogen) atoms. The second kappa shape index (κ2) is 5.78. The average molecular weight is 386 g/mol. The Morgan fingerprint density at radius 1 is 1.18 bits per heavy atom. The quantitative estimate of drug-likeness (QED) is 0.549. The van der Waals surface area contributed by atoms with Crippen LogP contribution in [0.1, 0.15) is 65.7 Å². The third kappa shape index (κ3) is 2.20. The van der Waals surface area contributed by atoms with Gasteiger partial charge in [-0.1, -0.05) is 19.4 Å². The molecule has 5 aliphatic rings. The molecule has 4 fully saturated rings. The summed E-state index contributed by atoms with van der Waals surface area (Å²) < 4.78 is 11.1. The second-order valence-electron chi connectivity index (χ2n) is 10.2. The Hall–Kier alpha value is -1.49. The number of carbonyl (C=O) groups is 3. The summed E-state index contributed by atoms with van der Waals surface area (Å²) in [5.74, 6) is 1.47. The third-order valence-corrected chi connectivity index (χ3v) is 9.21. The molecular formula is C23H30O5. The summed E-state index contributed by atoms with van der Waals surface area (Å²) in [7, 11) is 0. The van der Waals surface area contributed by atoms with Crippen LogP contribution in [0.3, 0.4) is 0 Å². The monoisotopic (exact) mass is 386 g/mol. The van der Waals surface area contributed by atoms with Gasteiger partial charge in [0.1, 0.15) is 0 Å². The number of allylic oxidation sites excluding steroid dienone is 1. The summed E-state index contributed by atoms with van der Waals surface area (Å²) in [6, 6.07) is 0. The van der Waals surface area contributed by atoms with Crippen molar-refractivity contribution in [2.45, 2.75) is 77.4 Å². The van der Waals surface area contributed by atoms with Gasteiger partial charge in [-0.05, 0) is 67.8 Å². The van der Waals surface area contributed by atoms with Crippen LogP contribution >= 0.6 is 0 Å². The lowest BCUT2D eigenvalue weighted by molar-refractivity contribution is -0.152. The topological polar surface area (TPSA) is 73.0 Å². The normalized spacial score (nSPS) is 48.5. The molecule has 152 valence electrons. The number of ether oxygens (including phenoxy) is 2. The smallest absolute Gasteiger partial charge is 0.303 e. The molecule has 0 aromatic carbocycles. The van der Waals surface area contributed by atoms with E-state index in [1.54, 1.807) is 0 Å². The molecule has 3 saturated carbocycles. The van der Waals surface area contributed by atoms with Gasteiger partial charge in [-0.15, -0.1) is 0 Å². The molecule has 0 aromatic rings. The zero-order valence-corrected chi connectivity index (χ0v) is 17.1. The largest absolute Gasteiger partial charge is 0.458 e. The van der Waals surface area contributed by atoms with Crippen LogP contribution in [-0.2, 0) is 23.9 Å². The third-order valence-electron chi connectivity index (χ3n) is 9.21. The standard InChI is InChI=1S/C23H30O5/c1-13(24)27-12-19(26)23-20(28-23)11-18-16-5-4-14-10-15(25)6-8-21(14,2)17(16)7-9-22(18,23)3/h10,16-18,20H,4-9,11-12H2,1-3H3/t16-,17+,18+,20+,21-,22+,23-/m0/s1. The Morgan fingerprint density at radius 3 is 2.71 bits per heavy atom. The van der Waals surface area contributed by atoms with E-state index in [2.05, 4.69) is 13.8 Å². The van der Waals surface area contributed by atoms with E-state index >= 15 is 0 Å². The summed E-state index contributed by atoms with van der Waals surface area (Å²) in [6.45, 7) is 5.78. The van der Waals surface area contributed by atoms with Crippen LogP contribution in [-0.4, -0.2) is 35.8 Å². The molecule has 1 saturated heterocycles. The lowest BCUT2D eigenvalue weighted by atomic mass is 9.46. The highest BCUT2D eigenvalue weighted by Crippen LogP contribution is 2.73. The molecule has 4 aliphatic carbocycles. The number of hydrogen-bond acceptors (Lipinski definition) is 5. The van der Waals surface area contributed by atoms with Crippen LogP contribution in [0.4, 0.5) is 0 Å². The van der Waals surface area contributed by atoms with Crippen molar-refractivity contribution in [1.29, 1.82) is 0 Å². The van der Waals surface area contributed by atoms with E-state index in [1.165, 1.54) is 12.5 Å². The maximum Gasteiger partial charge on any atom is 0.303 e. The maximum atomic E-state index is 13.0. The summed E-state index contributed by atoms with van der Waals surface area (Å²) in [5, 5.41) is 0. The zero-order valence-electron chi connectivity index (χ0n) is 17.1. The van der Waals surface area contributed by atoms with Gasteiger partial charge in [0.2, 0.25) is 5.78 Å². The molecule has 0 spiro atoms. The predicted molar refractivity (Wildman–Crippen MR) is 101 cm³/mol. The van der Waals surface area contributed by atoms with Crippen molar-refractivity contribution in [2.24, 2.45) is 28.6 Å². The summed E-state index contributed by atoms with van der Waals surface area (Å²) in [6.07, 6.45) is 8.68. The molecule has 0 bridgehead atoms. The highest BCUT2D eigenvalue weighted by Gasteiger charge is 2.80. The van der Waals surface area contributed by atoms with Gasteiger partial charge in [0, 0.05) is 18.8 Å². The number of esters is 1. The number of Topliss-reactive ketones (excluding diaryl/α,β-unsaturated/α-hetero) is 1. The Balaban J connectivity index is 1.42. The fourth-order valence-corrected chi connectivity index (χ4v) is 7.75. The Bertz CT molecular complexity index is 799. The lowest BCUT2D eigenvalue weighted by Gasteiger charge is -2.58. The fraction of sp³-hybridized carbons (Fsp3) is 0.783. The van der Waals surface area contributed by atoms with Crippen molar-refractivity contribution in [2.75, 3.05) is 6.61 Å². The Labute approximate surface area is 166 Å². The van der Waals surface area contributed by atoms with E-state index in [0.717, 1.165) is 38.5 Å². The van der Waals surface area contributed by atoms with Gasteiger partial charge in [-0.2, -0.15) is 0 Å². The molecule has 0 N–H and O–H groups in total. The molecule has 0 aromatic heterocycles. The first-order valence-corrected chi connectivity index (χ1v) is 10.8. The summed E-state index contributed by atoms with van der Waals surface area (Å²) >= 11 is 0. The Morgan fingerprint density at radius 2 is 1.96 bits per heavy atom. The molecule has 5 heteroatoms. The van der Waals surface area contributed by atoms with Crippen LogP contribution in [0.15, 0.2) is 11.6 Å². The Kier molecular flexibility index (Phi) is 3.82. The van der Waals surface area contributed by atoms with E-state index in [9.17, 15) is 14.4 Å². The van der Waals surface area contributed by atoms with Gasteiger partial charge in [0.05, 0.1) is 6.10 Å². The van der Waals surface area contributed by atoms with Crippen molar-refractivity contribution in [3.05, 3.63) is 11.6 Å². The minimum Gasteiger partial charge on any atom is -0.458 e. The van der Waals surface area contributed by atoms with Gasteiger partial charge < -0.3 is 9.47 Å². The minimum atomic E-state index is -0.738. The number of rotatable bonds is 3. The van der Waals surface area contributed by atoms with Crippen molar-refractivity contribution in [1.82, 2.24) is 0 Å². The van der Waals surface area contributed by atoms with E-state index in [1.807, 2.05) is 6.08 Å². The summed E-state index contributed by atoms with van der Waals surface area (Å²) in [4.78, 5) is 36.2. The first-order chi connectivity index (χ1) is 13.2. The molecule has 1 heterocycles. The van der Waals surface area contributed by atoms with E-state index < -0.39 is 11.6 Å². The molecule has 0 unspecified atom stereocenters. The maximum absolute atomic E-state index is 13.0. The highest BCUT2D eigenvalue weighted by molar-refractivity contribution is 5.94. The van der Waals surface area contributed by atoms with Crippen LogP contribution in [0.25, 0.3) is 0 Å². The SMILES string of the molecule is CC(=O)OCC(=O)[C@]12O[C@@H]1C[C@@H]1[C@H]3CCC4=CC(=O)CC[C@]4(C)[C@@H]3CC[C@]12C. The van der Waals surface area contributed by atoms with Crippen molar-refractivity contribution < 1.29 is 23.9 Å². The van der Waals surface area contributed by atoms with E-state index in [0.29, 0.717) is 24.2 Å². The predicted octanol–water partition coefficient (Wildman–Crippen LogP) is 3.40. The van der Waals surface area contributed by atoms with Crippen molar-refractivity contribution >= 4 is 17.5 Å². The van der Waals surface area contributed by atoms with Crippen LogP contribution in [0.2, 0.25) is 0 Å². The van der Waals surface area contributed by atoms with Gasteiger partial charge in [0.25, 0.3) is 0 Å². The van der Waals surface area contributed by atoms with E-state index in [-0.39, 0.29) is 35.1 Å². The number of carbonyl (C=O) groups excluding carboxylic acids is 3.